The Morgan fingerprint density at radius 3 is 2.32 bits per heavy atom. The summed E-state index contributed by atoms with van der Waals surface area (Å²) in [5.74, 6) is -1.98. The second-order valence-electron chi connectivity index (χ2n) is 6.36. The zero-order valence-corrected chi connectivity index (χ0v) is 15.8. The van der Waals surface area contributed by atoms with Crippen molar-refractivity contribution in [1.82, 2.24) is 4.90 Å². The van der Waals surface area contributed by atoms with Gasteiger partial charge in [-0.3, -0.25) is 9.59 Å². The summed E-state index contributed by atoms with van der Waals surface area (Å²) in [5.41, 5.74) is 0.544. The highest BCUT2D eigenvalue weighted by Crippen LogP contribution is 2.21. The molecule has 2 aromatic rings. The predicted octanol–water partition coefficient (Wildman–Crippen LogP) is 3.05. The number of nitrogens with zero attached hydrogens (tertiary/aromatic N) is 2. The van der Waals surface area contributed by atoms with Crippen LogP contribution < -0.4 is 4.90 Å². The Morgan fingerprint density at radius 2 is 1.64 bits per heavy atom. The summed E-state index contributed by atoms with van der Waals surface area (Å²) in [6, 6.07) is 10.6. The second kappa shape index (κ2) is 9.01. The molecule has 0 N–H and O–H groups in total. The van der Waals surface area contributed by atoms with E-state index in [0.29, 0.717) is 31.9 Å². The van der Waals surface area contributed by atoms with Crippen LogP contribution in [0, 0.1) is 11.6 Å². The van der Waals surface area contributed by atoms with Gasteiger partial charge in [0, 0.05) is 36.8 Å². The molecule has 3 rings (SSSR count). The van der Waals surface area contributed by atoms with E-state index < -0.39 is 18.4 Å². The minimum atomic E-state index is -0.731. The van der Waals surface area contributed by atoms with Crippen LogP contribution >= 0.6 is 11.6 Å². The Hall–Kier alpha value is -2.67. The smallest absolute Gasteiger partial charge is 0.310 e. The number of carbonyl (C=O) groups is 2. The summed E-state index contributed by atoms with van der Waals surface area (Å²) < 4.78 is 32.5. The average Bonchev–Trinajstić information content (AvgIpc) is 2.69. The summed E-state index contributed by atoms with van der Waals surface area (Å²) in [6.45, 7) is 1.31. The molecule has 2 aromatic carbocycles. The van der Waals surface area contributed by atoms with Gasteiger partial charge in [-0.1, -0.05) is 29.8 Å². The summed E-state index contributed by atoms with van der Waals surface area (Å²) >= 11 is 5.88. The molecule has 1 aliphatic rings. The maximum Gasteiger partial charge on any atom is 0.310 e. The molecule has 0 saturated carbocycles. The number of anilines is 1. The van der Waals surface area contributed by atoms with Gasteiger partial charge in [0.2, 0.25) is 0 Å². The lowest BCUT2D eigenvalue weighted by Gasteiger charge is -2.36. The number of para-hydroxylation sites is 1. The average molecular weight is 409 g/mol. The molecule has 0 bridgehead atoms. The largest absolute Gasteiger partial charge is 0.455 e. The minimum Gasteiger partial charge on any atom is -0.455 e. The summed E-state index contributed by atoms with van der Waals surface area (Å²) in [4.78, 5) is 27.6. The normalized spacial score (nSPS) is 14.1. The standard InChI is InChI=1S/C20H19ClF2N2O3/c21-15-4-3-6-16(22)14(15)12-20(27)28-13-19(26)25-10-8-24(9-11-25)18-7-2-1-5-17(18)23/h1-7H,8-13H2. The highest BCUT2D eigenvalue weighted by atomic mass is 35.5. The van der Waals surface area contributed by atoms with Crippen LogP contribution in [0.25, 0.3) is 0 Å². The zero-order valence-electron chi connectivity index (χ0n) is 15.0. The van der Waals surface area contributed by atoms with E-state index in [1.165, 1.54) is 24.3 Å². The van der Waals surface area contributed by atoms with Crippen LogP contribution in [0.2, 0.25) is 5.02 Å². The van der Waals surface area contributed by atoms with E-state index in [2.05, 4.69) is 0 Å². The molecule has 1 aliphatic heterocycles. The monoisotopic (exact) mass is 408 g/mol. The van der Waals surface area contributed by atoms with Gasteiger partial charge in [0.05, 0.1) is 12.1 Å². The van der Waals surface area contributed by atoms with Crippen molar-refractivity contribution in [2.75, 3.05) is 37.7 Å². The fourth-order valence-corrected chi connectivity index (χ4v) is 3.26. The van der Waals surface area contributed by atoms with Crippen molar-refractivity contribution >= 4 is 29.2 Å². The van der Waals surface area contributed by atoms with Crippen LogP contribution in [0.4, 0.5) is 14.5 Å². The van der Waals surface area contributed by atoms with Crippen LogP contribution in [0.3, 0.4) is 0 Å². The number of halogens is 3. The Kier molecular flexibility index (Phi) is 6.46. The van der Waals surface area contributed by atoms with Crippen molar-refractivity contribution in [1.29, 1.82) is 0 Å². The van der Waals surface area contributed by atoms with E-state index in [1.807, 2.05) is 4.90 Å². The van der Waals surface area contributed by atoms with E-state index in [4.69, 9.17) is 16.3 Å². The van der Waals surface area contributed by atoms with E-state index in [1.54, 1.807) is 23.1 Å². The molecular formula is C20H19ClF2N2O3. The number of hydrogen-bond acceptors (Lipinski definition) is 4. The number of ether oxygens (including phenoxy) is 1. The molecule has 0 aliphatic carbocycles. The first kappa shape index (κ1) is 20.1. The molecule has 28 heavy (non-hydrogen) atoms. The summed E-state index contributed by atoms with van der Waals surface area (Å²) in [7, 11) is 0. The highest BCUT2D eigenvalue weighted by molar-refractivity contribution is 6.31. The van der Waals surface area contributed by atoms with Crippen molar-refractivity contribution in [3.8, 4) is 0 Å². The van der Waals surface area contributed by atoms with Gasteiger partial charge in [-0.05, 0) is 24.3 Å². The molecule has 0 unspecified atom stereocenters. The number of benzene rings is 2. The third-order valence-electron chi connectivity index (χ3n) is 4.56. The summed E-state index contributed by atoms with van der Waals surface area (Å²) in [5, 5.41) is 0.132. The maximum atomic E-state index is 13.9. The summed E-state index contributed by atoms with van der Waals surface area (Å²) in [6.07, 6.45) is -0.347. The zero-order chi connectivity index (χ0) is 20.1. The number of esters is 1. The lowest BCUT2D eigenvalue weighted by atomic mass is 10.1. The molecule has 1 saturated heterocycles. The number of hydrogen-bond donors (Lipinski definition) is 0. The Bertz CT molecular complexity index is 850. The van der Waals surface area contributed by atoms with Crippen molar-refractivity contribution in [2.24, 2.45) is 0 Å². The molecule has 148 valence electrons. The number of amides is 1. The molecule has 0 atom stereocenters. The molecule has 0 spiro atoms. The van der Waals surface area contributed by atoms with E-state index in [9.17, 15) is 18.4 Å². The fourth-order valence-electron chi connectivity index (χ4n) is 3.04. The van der Waals surface area contributed by atoms with E-state index >= 15 is 0 Å². The molecule has 5 nitrogen and oxygen atoms in total. The molecule has 1 heterocycles. The molecule has 0 aromatic heterocycles. The van der Waals surface area contributed by atoms with Crippen LogP contribution in [0.15, 0.2) is 42.5 Å². The van der Waals surface area contributed by atoms with Crippen LogP contribution in [0.5, 0.6) is 0 Å². The fraction of sp³-hybridized carbons (Fsp3) is 0.300. The van der Waals surface area contributed by atoms with Crippen molar-refractivity contribution < 1.29 is 23.1 Å². The predicted molar refractivity (Wildman–Crippen MR) is 101 cm³/mol. The first-order chi connectivity index (χ1) is 13.5. The van der Waals surface area contributed by atoms with Crippen molar-refractivity contribution in [3.63, 3.8) is 0 Å². The van der Waals surface area contributed by atoms with Gasteiger partial charge in [-0.15, -0.1) is 0 Å². The quantitative estimate of drug-likeness (QED) is 0.713. The maximum absolute atomic E-state index is 13.9. The van der Waals surface area contributed by atoms with Crippen LogP contribution in [0.1, 0.15) is 5.56 Å². The topological polar surface area (TPSA) is 49.9 Å². The lowest BCUT2D eigenvalue weighted by molar-refractivity contribution is -0.151. The SMILES string of the molecule is O=C(Cc1c(F)cccc1Cl)OCC(=O)N1CCN(c2ccccc2F)CC1. The number of carbonyl (C=O) groups excluding carboxylic acids is 2. The molecule has 0 radical (unpaired) electrons. The third-order valence-corrected chi connectivity index (χ3v) is 4.92. The van der Waals surface area contributed by atoms with Gasteiger partial charge in [0.25, 0.3) is 5.91 Å². The first-order valence-electron chi connectivity index (χ1n) is 8.81. The third kappa shape index (κ3) is 4.78. The van der Waals surface area contributed by atoms with Crippen molar-refractivity contribution in [2.45, 2.75) is 6.42 Å². The van der Waals surface area contributed by atoms with Crippen molar-refractivity contribution in [3.05, 3.63) is 64.7 Å². The Balaban J connectivity index is 1.47. The van der Waals surface area contributed by atoms with Gasteiger partial charge in [-0.25, -0.2) is 8.78 Å². The minimum absolute atomic E-state index is 0.0418. The molecule has 1 fully saturated rings. The molecule has 8 heteroatoms. The molecule has 1 amide bonds. The number of piperazine rings is 1. The van der Waals surface area contributed by atoms with Gasteiger partial charge in [-0.2, -0.15) is 0 Å². The van der Waals surface area contributed by atoms with E-state index in [-0.39, 0.29) is 28.7 Å². The van der Waals surface area contributed by atoms with Gasteiger partial charge in [0.1, 0.15) is 11.6 Å². The first-order valence-corrected chi connectivity index (χ1v) is 9.19. The van der Waals surface area contributed by atoms with Gasteiger partial charge >= 0.3 is 5.97 Å². The van der Waals surface area contributed by atoms with Crippen LogP contribution in [-0.4, -0.2) is 49.6 Å². The number of rotatable bonds is 5. The molecular weight excluding hydrogens is 390 g/mol. The Labute approximate surface area is 166 Å². The second-order valence-corrected chi connectivity index (χ2v) is 6.76. The van der Waals surface area contributed by atoms with Crippen LogP contribution in [-0.2, 0) is 20.7 Å². The Morgan fingerprint density at radius 1 is 0.964 bits per heavy atom. The lowest BCUT2D eigenvalue weighted by Crippen LogP contribution is -2.50. The van der Waals surface area contributed by atoms with E-state index in [0.717, 1.165) is 0 Å². The highest BCUT2D eigenvalue weighted by Gasteiger charge is 2.23. The van der Waals surface area contributed by atoms with Gasteiger partial charge < -0.3 is 14.5 Å². The van der Waals surface area contributed by atoms with Gasteiger partial charge in [0.15, 0.2) is 6.61 Å².